The SMILES string of the molecule is Cc1cccc(N2C(=O)[C@@H]3C4c5ccccc5C(C=O)(c5ccccc54)[C@@H]3C2=O)c1C. The van der Waals surface area contributed by atoms with Crippen molar-refractivity contribution in [1.29, 1.82) is 0 Å². The Morgan fingerprint density at radius 2 is 1.42 bits per heavy atom. The molecule has 1 heterocycles. The van der Waals surface area contributed by atoms with E-state index in [1.807, 2.05) is 80.6 Å². The molecule has 0 aromatic heterocycles. The van der Waals surface area contributed by atoms with E-state index in [4.69, 9.17) is 0 Å². The van der Waals surface area contributed by atoms with E-state index in [1.165, 1.54) is 4.90 Å². The maximum absolute atomic E-state index is 13.9. The molecule has 3 aromatic carbocycles. The van der Waals surface area contributed by atoms with Gasteiger partial charge >= 0.3 is 0 Å². The summed E-state index contributed by atoms with van der Waals surface area (Å²) in [5, 5.41) is 0. The first-order chi connectivity index (χ1) is 15.0. The average molecular weight is 407 g/mol. The van der Waals surface area contributed by atoms with Gasteiger partial charge < -0.3 is 4.79 Å². The number of carbonyl (C=O) groups is 3. The van der Waals surface area contributed by atoms with E-state index in [0.29, 0.717) is 5.69 Å². The summed E-state index contributed by atoms with van der Waals surface area (Å²) in [5.41, 5.74) is 5.09. The maximum atomic E-state index is 13.9. The van der Waals surface area contributed by atoms with Crippen molar-refractivity contribution in [2.75, 3.05) is 4.90 Å². The molecule has 1 saturated heterocycles. The van der Waals surface area contributed by atoms with Crippen molar-refractivity contribution in [3.05, 3.63) is 100 Å². The Hall–Kier alpha value is -3.53. The number of hydrogen-bond donors (Lipinski definition) is 0. The van der Waals surface area contributed by atoms with Crippen LogP contribution in [0.3, 0.4) is 0 Å². The van der Waals surface area contributed by atoms with Crippen LogP contribution < -0.4 is 4.90 Å². The van der Waals surface area contributed by atoms with Crippen molar-refractivity contribution in [1.82, 2.24) is 0 Å². The fourth-order valence-electron chi connectivity index (χ4n) is 6.25. The van der Waals surface area contributed by atoms with Crippen LogP contribution in [-0.2, 0) is 19.8 Å². The Balaban J connectivity index is 1.66. The largest absolute Gasteiger partial charge is 0.302 e. The zero-order valence-corrected chi connectivity index (χ0v) is 17.3. The lowest BCUT2D eigenvalue weighted by Crippen LogP contribution is -2.54. The number of aryl methyl sites for hydroxylation is 1. The monoisotopic (exact) mass is 407 g/mol. The first-order valence-electron chi connectivity index (χ1n) is 10.6. The van der Waals surface area contributed by atoms with Crippen LogP contribution in [0, 0.1) is 25.7 Å². The molecule has 4 heteroatoms. The summed E-state index contributed by atoms with van der Waals surface area (Å²) in [4.78, 5) is 42.1. The summed E-state index contributed by atoms with van der Waals surface area (Å²) < 4.78 is 0. The van der Waals surface area contributed by atoms with E-state index in [9.17, 15) is 14.4 Å². The van der Waals surface area contributed by atoms with Crippen molar-refractivity contribution in [2.24, 2.45) is 11.8 Å². The molecule has 152 valence electrons. The molecule has 2 atom stereocenters. The number of nitrogens with zero attached hydrogens (tertiary/aromatic N) is 1. The highest BCUT2D eigenvalue weighted by molar-refractivity contribution is 6.25. The average Bonchev–Trinajstić information content (AvgIpc) is 3.07. The number of aldehydes is 1. The summed E-state index contributed by atoms with van der Waals surface area (Å²) in [6.07, 6.45) is 0.912. The normalized spacial score (nSPS) is 27.7. The fourth-order valence-corrected chi connectivity index (χ4v) is 6.25. The van der Waals surface area contributed by atoms with Crippen LogP contribution in [-0.4, -0.2) is 18.1 Å². The summed E-state index contributed by atoms with van der Waals surface area (Å²) in [6, 6.07) is 21.3. The van der Waals surface area contributed by atoms with E-state index < -0.39 is 17.3 Å². The number of imide groups is 1. The van der Waals surface area contributed by atoms with Crippen LogP contribution in [0.15, 0.2) is 66.7 Å². The third kappa shape index (κ3) is 1.98. The minimum Gasteiger partial charge on any atom is -0.302 e. The van der Waals surface area contributed by atoms with Crippen molar-refractivity contribution in [3.63, 3.8) is 0 Å². The predicted octanol–water partition coefficient (Wildman–Crippen LogP) is 4.05. The van der Waals surface area contributed by atoms with Crippen molar-refractivity contribution < 1.29 is 14.4 Å². The van der Waals surface area contributed by atoms with E-state index in [1.54, 1.807) is 0 Å². The van der Waals surface area contributed by atoms with Gasteiger partial charge in [0.2, 0.25) is 11.8 Å². The van der Waals surface area contributed by atoms with Crippen LogP contribution in [0.25, 0.3) is 0 Å². The number of anilines is 1. The van der Waals surface area contributed by atoms with Crippen LogP contribution in [0.2, 0.25) is 0 Å². The zero-order chi connectivity index (χ0) is 21.5. The smallest absolute Gasteiger partial charge is 0.239 e. The lowest BCUT2D eigenvalue weighted by molar-refractivity contribution is -0.128. The molecular weight excluding hydrogens is 386 g/mol. The molecule has 4 nitrogen and oxygen atoms in total. The number of benzene rings is 3. The summed E-state index contributed by atoms with van der Waals surface area (Å²) in [6.45, 7) is 3.90. The van der Waals surface area contributed by atoms with Gasteiger partial charge in [0.15, 0.2) is 0 Å². The third-order valence-corrected chi connectivity index (χ3v) is 7.69. The standard InChI is InChI=1S/C27H21NO3/c1-15-8-7-13-21(16(15)2)28-25(30)23-22-17-9-3-5-11-19(17)27(14-29,24(23)26(28)31)20-12-6-4-10-18(20)22/h3-14,22-24H,1-2H3/t22?,23-,24+,27?/m1/s1. The summed E-state index contributed by atoms with van der Waals surface area (Å²) >= 11 is 0. The molecule has 0 saturated carbocycles. The Labute approximate surface area is 180 Å². The predicted molar refractivity (Wildman–Crippen MR) is 117 cm³/mol. The third-order valence-electron chi connectivity index (χ3n) is 7.69. The molecule has 7 rings (SSSR count). The second-order valence-corrected chi connectivity index (χ2v) is 8.87. The maximum Gasteiger partial charge on any atom is 0.239 e. The molecule has 2 bridgehead atoms. The molecule has 4 aliphatic rings. The van der Waals surface area contributed by atoms with E-state index in [2.05, 4.69) is 0 Å². The van der Waals surface area contributed by atoms with Gasteiger partial charge in [-0.3, -0.25) is 9.59 Å². The summed E-state index contributed by atoms with van der Waals surface area (Å²) in [5.74, 6) is -2.02. The Kier molecular flexibility index (Phi) is 3.54. The molecule has 31 heavy (non-hydrogen) atoms. The molecule has 1 aliphatic heterocycles. The van der Waals surface area contributed by atoms with Gasteiger partial charge in [0.1, 0.15) is 6.29 Å². The van der Waals surface area contributed by atoms with Crippen LogP contribution in [0.5, 0.6) is 0 Å². The van der Waals surface area contributed by atoms with Gasteiger partial charge in [-0.05, 0) is 53.3 Å². The van der Waals surface area contributed by atoms with Gasteiger partial charge in [-0.1, -0.05) is 60.7 Å². The van der Waals surface area contributed by atoms with E-state index in [-0.39, 0.29) is 17.7 Å². The molecule has 0 unspecified atom stereocenters. The second-order valence-electron chi connectivity index (χ2n) is 8.87. The minimum atomic E-state index is -1.15. The Morgan fingerprint density at radius 1 is 0.806 bits per heavy atom. The van der Waals surface area contributed by atoms with Crippen LogP contribution in [0.4, 0.5) is 5.69 Å². The number of carbonyl (C=O) groups excluding carboxylic acids is 3. The molecule has 0 spiro atoms. The Bertz CT molecular complexity index is 1260. The molecular formula is C27H21NO3. The number of amides is 2. The van der Waals surface area contributed by atoms with E-state index >= 15 is 0 Å². The second kappa shape index (κ2) is 6.01. The molecule has 0 radical (unpaired) electrons. The first-order valence-corrected chi connectivity index (χ1v) is 10.6. The quantitative estimate of drug-likeness (QED) is 0.476. The zero-order valence-electron chi connectivity index (χ0n) is 17.3. The highest BCUT2D eigenvalue weighted by Gasteiger charge is 2.68. The van der Waals surface area contributed by atoms with Gasteiger partial charge in [-0.15, -0.1) is 0 Å². The summed E-state index contributed by atoms with van der Waals surface area (Å²) in [7, 11) is 0. The van der Waals surface area contributed by atoms with Crippen molar-refractivity contribution in [3.8, 4) is 0 Å². The van der Waals surface area contributed by atoms with Gasteiger partial charge in [0, 0.05) is 5.92 Å². The van der Waals surface area contributed by atoms with Gasteiger partial charge in [-0.25, -0.2) is 4.90 Å². The van der Waals surface area contributed by atoms with Crippen molar-refractivity contribution >= 4 is 23.8 Å². The molecule has 3 aromatic rings. The molecule has 3 aliphatic carbocycles. The molecule has 0 N–H and O–H groups in total. The Morgan fingerprint density at radius 3 is 2.03 bits per heavy atom. The lowest BCUT2D eigenvalue weighted by atomic mass is 9.48. The topological polar surface area (TPSA) is 54.5 Å². The minimum absolute atomic E-state index is 0.205. The number of hydrogen-bond acceptors (Lipinski definition) is 3. The van der Waals surface area contributed by atoms with Gasteiger partial charge in [0.05, 0.1) is 22.9 Å². The van der Waals surface area contributed by atoms with Crippen LogP contribution >= 0.6 is 0 Å². The number of rotatable bonds is 2. The van der Waals surface area contributed by atoms with Crippen LogP contribution in [0.1, 0.15) is 39.3 Å². The van der Waals surface area contributed by atoms with Crippen molar-refractivity contribution in [2.45, 2.75) is 25.2 Å². The molecule has 2 amide bonds. The highest BCUT2D eigenvalue weighted by atomic mass is 16.2. The molecule has 1 fully saturated rings. The highest BCUT2D eigenvalue weighted by Crippen LogP contribution is 2.63. The van der Waals surface area contributed by atoms with E-state index in [0.717, 1.165) is 39.7 Å². The lowest BCUT2D eigenvalue weighted by Gasteiger charge is -2.51. The van der Waals surface area contributed by atoms with Gasteiger partial charge in [0.25, 0.3) is 0 Å². The van der Waals surface area contributed by atoms with Gasteiger partial charge in [-0.2, -0.15) is 0 Å². The first kappa shape index (κ1) is 18.3. The fraction of sp³-hybridized carbons (Fsp3) is 0.222.